The minimum absolute atomic E-state index is 0.0245. The van der Waals surface area contributed by atoms with Crippen molar-refractivity contribution in [1.29, 1.82) is 0 Å². The first kappa shape index (κ1) is 30.2. The molecule has 2 unspecified atom stereocenters. The molecule has 1 aliphatic rings. The molecule has 0 fully saturated rings. The van der Waals surface area contributed by atoms with Gasteiger partial charge in [0.15, 0.2) is 0 Å². The molecule has 8 aromatic carbocycles. The fourth-order valence-electron chi connectivity index (χ4n) is 9.98. The Hall–Kier alpha value is -5.92. The van der Waals surface area contributed by atoms with Crippen molar-refractivity contribution >= 4 is 33.3 Å². The highest BCUT2D eigenvalue weighted by atomic mass is 14.5. The van der Waals surface area contributed by atoms with E-state index in [1.54, 1.807) is 0 Å². The van der Waals surface area contributed by atoms with Crippen LogP contribution >= 0.6 is 0 Å². The molecule has 2 atom stereocenters. The summed E-state index contributed by atoms with van der Waals surface area (Å²) in [7, 11) is 0. The molecule has 1 heteroatoms. The van der Waals surface area contributed by atoms with E-state index in [1.165, 1.54) is 55.0 Å². The molecule has 8 aromatic rings. The van der Waals surface area contributed by atoms with Gasteiger partial charge >= 0.3 is 0 Å². The van der Waals surface area contributed by atoms with Crippen molar-refractivity contribution in [2.45, 2.75) is 17.2 Å². The van der Waals surface area contributed by atoms with Crippen LogP contribution in [-0.4, -0.2) is 6.15 Å². The summed E-state index contributed by atoms with van der Waals surface area (Å²) in [4.78, 5) is 0. The molecule has 0 bridgehead atoms. The minimum Gasteiger partial charge on any atom is -0.199 e. The van der Waals surface area contributed by atoms with Crippen LogP contribution in [0.5, 0.6) is 0 Å². The lowest BCUT2D eigenvalue weighted by Crippen LogP contribution is -2.72. The summed E-state index contributed by atoms with van der Waals surface area (Å²) in [6, 6.07) is 82.2. The van der Waals surface area contributed by atoms with Crippen molar-refractivity contribution in [2.24, 2.45) is 0 Å². The molecule has 0 N–H and O–H groups in total. The van der Waals surface area contributed by atoms with Gasteiger partial charge in [0.2, 0.25) is 0 Å². The molecule has 0 amide bonds. The highest BCUT2D eigenvalue weighted by Crippen LogP contribution is 2.62. The molecule has 0 aromatic heterocycles. The third-order valence-corrected chi connectivity index (χ3v) is 11.7. The summed E-state index contributed by atoms with van der Waals surface area (Å²) < 4.78 is 0. The van der Waals surface area contributed by atoms with E-state index >= 15 is 0 Å². The van der Waals surface area contributed by atoms with E-state index < -0.39 is 11.6 Å². The van der Waals surface area contributed by atoms with E-state index in [9.17, 15) is 0 Å². The summed E-state index contributed by atoms with van der Waals surface area (Å²) in [5, 5.41) is 2.70. The van der Waals surface area contributed by atoms with Crippen LogP contribution in [-0.2, 0) is 5.41 Å². The Morgan fingerprint density at radius 2 is 0.660 bits per heavy atom. The lowest BCUT2D eigenvalue weighted by molar-refractivity contribution is 0.472. The topological polar surface area (TPSA) is 0 Å². The van der Waals surface area contributed by atoms with E-state index in [2.05, 4.69) is 218 Å². The number of hydrogen-bond donors (Lipinski definition) is 0. The van der Waals surface area contributed by atoms with Gasteiger partial charge in [-0.1, -0.05) is 224 Å². The molecule has 0 aliphatic heterocycles. The van der Waals surface area contributed by atoms with E-state index in [4.69, 9.17) is 0 Å². The first-order valence-corrected chi connectivity index (χ1v) is 17.9. The summed E-state index contributed by atoms with van der Waals surface area (Å²) in [6.07, 6.45) is -1.62. The Kier molecular flexibility index (Phi) is 7.55. The molecule has 0 saturated carbocycles. The van der Waals surface area contributed by atoms with Crippen LogP contribution in [0.2, 0.25) is 0 Å². The SMILES string of the molecule is c1ccc([B-](c2ccccc2)(c2ccccc2)C2c3cccc4cccc(c34)C2C(c2ccccc2)(c2ccccc2)c2ccccc2)cc1. The van der Waals surface area contributed by atoms with Crippen molar-refractivity contribution < 1.29 is 0 Å². The van der Waals surface area contributed by atoms with Gasteiger partial charge in [0.25, 0.3) is 0 Å². The fourth-order valence-corrected chi connectivity index (χ4v) is 9.98. The van der Waals surface area contributed by atoms with Gasteiger partial charge in [-0.05, 0) is 38.9 Å². The molecule has 0 nitrogen and oxygen atoms in total. The quantitative estimate of drug-likeness (QED) is 0.115. The lowest BCUT2D eigenvalue weighted by atomic mass is 9.08. The number of hydrogen-bond acceptors (Lipinski definition) is 0. The summed E-state index contributed by atoms with van der Waals surface area (Å²) >= 11 is 0. The second-order valence-electron chi connectivity index (χ2n) is 13.9. The maximum Gasteiger partial charge on any atom is 0.0895 e. The predicted octanol–water partition coefficient (Wildman–Crippen LogP) is 9.76. The highest BCUT2D eigenvalue weighted by molar-refractivity contribution is 7.12. The first-order chi connectivity index (χ1) is 24.8. The first-order valence-electron chi connectivity index (χ1n) is 17.9. The fraction of sp³-hybridized carbons (Fsp3) is 0.0612. The normalized spacial score (nSPS) is 15.6. The van der Waals surface area contributed by atoms with Crippen molar-refractivity contribution in [3.63, 3.8) is 0 Å². The molecule has 1 aliphatic carbocycles. The van der Waals surface area contributed by atoms with Crippen LogP contribution in [0, 0.1) is 0 Å². The average molecular weight is 638 g/mol. The van der Waals surface area contributed by atoms with Crippen LogP contribution in [0.3, 0.4) is 0 Å². The molecule has 238 valence electrons. The van der Waals surface area contributed by atoms with E-state index in [0.717, 1.165) is 0 Å². The van der Waals surface area contributed by atoms with Gasteiger partial charge < -0.3 is 0 Å². The zero-order valence-corrected chi connectivity index (χ0v) is 28.0. The summed E-state index contributed by atoms with van der Waals surface area (Å²) in [6.45, 7) is 0. The highest BCUT2D eigenvalue weighted by Gasteiger charge is 2.55. The van der Waals surface area contributed by atoms with Gasteiger partial charge in [0, 0.05) is 5.41 Å². The van der Waals surface area contributed by atoms with Crippen molar-refractivity contribution in [2.75, 3.05) is 0 Å². The molecule has 0 spiro atoms. The Morgan fingerprint density at radius 3 is 1.04 bits per heavy atom. The monoisotopic (exact) mass is 637 g/mol. The van der Waals surface area contributed by atoms with Gasteiger partial charge in [0.1, 0.15) is 0 Å². The van der Waals surface area contributed by atoms with Crippen LogP contribution in [0.25, 0.3) is 10.8 Å². The smallest absolute Gasteiger partial charge is 0.0895 e. The van der Waals surface area contributed by atoms with Crippen LogP contribution in [0.4, 0.5) is 0 Å². The standard InChI is InChI=1S/C49H38B/c1-7-23-38(24-8-1)49(39-25-9-2-10-26-39,40-27-11-3-12-28-40)47-44-35-19-21-37-22-20-36-45(46(37)44)48(47)50(41-29-13-4-14-30-41,42-31-15-5-16-32-42)43-33-17-6-18-34-43/h1-36,47-48H/q-1. The minimum atomic E-state index is -1.62. The molecule has 50 heavy (non-hydrogen) atoms. The van der Waals surface area contributed by atoms with Crippen molar-refractivity contribution in [1.82, 2.24) is 0 Å². The molecule has 0 saturated heterocycles. The molecular weight excluding hydrogens is 599 g/mol. The second kappa shape index (κ2) is 12.5. The lowest BCUT2D eigenvalue weighted by Gasteiger charge is -2.56. The summed E-state index contributed by atoms with van der Waals surface area (Å²) in [5.41, 5.74) is 10.3. The van der Waals surface area contributed by atoms with Crippen molar-refractivity contribution in [3.05, 3.63) is 246 Å². The Labute approximate surface area is 295 Å². The van der Waals surface area contributed by atoms with E-state index in [1.807, 2.05) is 0 Å². The van der Waals surface area contributed by atoms with Crippen molar-refractivity contribution in [3.8, 4) is 0 Å². The van der Waals surface area contributed by atoms with Gasteiger partial charge in [0.05, 0.1) is 6.15 Å². The molecule has 9 rings (SSSR count). The van der Waals surface area contributed by atoms with Gasteiger partial charge in [-0.25, -0.2) is 0 Å². The third-order valence-electron chi connectivity index (χ3n) is 11.7. The van der Waals surface area contributed by atoms with Crippen LogP contribution in [0.1, 0.15) is 39.6 Å². The number of rotatable bonds is 8. The Bertz CT molecular complexity index is 1990. The molecule has 0 radical (unpaired) electrons. The third kappa shape index (κ3) is 4.47. The van der Waals surface area contributed by atoms with E-state index in [-0.39, 0.29) is 11.7 Å². The summed E-state index contributed by atoms with van der Waals surface area (Å²) in [5.74, 6) is 0.0836. The maximum absolute atomic E-state index is 2.44. The Morgan fingerprint density at radius 1 is 0.320 bits per heavy atom. The van der Waals surface area contributed by atoms with Gasteiger partial charge in [-0.3, -0.25) is 0 Å². The number of benzene rings is 8. The second-order valence-corrected chi connectivity index (χ2v) is 13.9. The van der Waals surface area contributed by atoms with E-state index in [0.29, 0.717) is 0 Å². The Balaban J connectivity index is 1.52. The zero-order valence-electron chi connectivity index (χ0n) is 28.0. The van der Waals surface area contributed by atoms with Gasteiger partial charge in [-0.15, -0.1) is 5.82 Å². The van der Waals surface area contributed by atoms with Crippen LogP contribution in [0.15, 0.2) is 218 Å². The largest absolute Gasteiger partial charge is 0.199 e. The zero-order chi connectivity index (χ0) is 33.4. The maximum atomic E-state index is 2.44. The van der Waals surface area contributed by atoms with Crippen LogP contribution < -0.4 is 16.4 Å². The predicted molar refractivity (Wildman–Crippen MR) is 213 cm³/mol. The average Bonchev–Trinajstić information content (AvgIpc) is 3.54. The molecule has 0 heterocycles. The molecular formula is C49H38B-. The van der Waals surface area contributed by atoms with Gasteiger partial charge in [-0.2, -0.15) is 16.4 Å².